The van der Waals surface area contributed by atoms with Gasteiger partial charge in [0.15, 0.2) is 11.5 Å². The largest absolute Gasteiger partial charge is 0.493 e. The number of ether oxygens (including phenoxy) is 2. The summed E-state index contributed by atoms with van der Waals surface area (Å²) >= 11 is 0. The second-order valence-electron chi connectivity index (χ2n) is 4.51. The number of unbranched alkanes of at least 4 members (excludes halogenated alkanes) is 3. The lowest BCUT2D eigenvalue weighted by Crippen LogP contribution is -2.04. The van der Waals surface area contributed by atoms with Crippen molar-refractivity contribution >= 4 is 0 Å². The number of allylic oxidation sites excluding steroid dienone is 1. The van der Waals surface area contributed by atoms with Crippen molar-refractivity contribution in [1.29, 1.82) is 0 Å². The zero-order valence-corrected chi connectivity index (χ0v) is 11.9. The highest BCUT2D eigenvalue weighted by Crippen LogP contribution is 2.28. The molecule has 0 fully saturated rings. The standard InChI is InChI=1S/C16H25NO2/c1-3-4-5-6-7-12-19-16-13-14(10-11-17)8-9-15(16)18-2/h3,8-9,13H,1,4-7,10-12,17H2,2H3. The summed E-state index contributed by atoms with van der Waals surface area (Å²) in [5.74, 6) is 1.60. The minimum absolute atomic E-state index is 0.646. The van der Waals surface area contributed by atoms with Crippen molar-refractivity contribution in [3.63, 3.8) is 0 Å². The van der Waals surface area contributed by atoms with Gasteiger partial charge in [-0.2, -0.15) is 0 Å². The Labute approximate surface area is 116 Å². The smallest absolute Gasteiger partial charge is 0.161 e. The average molecular weight is 263 g/mol. The molecule has 0 bridgehead atoms. The average Bonchev–Trinajstić information content (AvgIpc) is 2.43. The molecule has 0 saturated carbocycles. The lowest BCUT2D eigenvalue weighted by atomic mass is 10.1. The molecule has 0 aliphatic carbocycles. The van der Waals surface area contributed by atoms with E-state index in [1.54, 1.807) is 7.11 Å². The fraction of sp³-hybridized carbons (Fsp3) is 0.500. The predicted molar refractivity (Wildman–Crippen MR) is 79.9 cm³/mol. The van der Waals surface area contributed by atoms with Gasteiger partial charge in [0.2, 0.25) is 0 Å². The van der Waals surface area contributed by atoms with Crippen molar-refractivity contribution in [3.8, 4) is 11.5 Å². The van der Waals surface area contributed by atoms with Gasteiger partial charge in [-0.3, -0.25) is 0 Å². The minimum Gasteiger partial charge on any atom is -0.493 e. The van der Waals surface area contributed by atoms with Crippen molar-refractivity contribution in [2.45, 2.75) is 32.1 Å². The molecular weight excluding hydrogens is 238 g/mol. The van der Waals surface area contributed by atoms with Crippen LogP contribution in [-0.4, -0.2) is 20.3 Å². The van der Waals surface area contributed by atoms with Gasteiger partial charge >= 0.3 is 0 Å². The molecule has 0 aliphatic heterocycles. The summed E-state index contributed by atoms with van der Waals surface area (Å²) in [6.07, 6.45) is 7.29. The van der Waals surface area contributed by atoms with Crippen LogP contribution in [0.2, 0.25) is 0 Å². The lowest BCUT2D eigenvalue weighted by molar-refractivity contribution is 0.285. The van der Waals surface area contributed by atoms with Crippen molar-refractivity contribution < 1.29 is 9.47 Å². The Bertz CT molecular complexity index is 377. The molecule has 3 nitrogen and oxygen atoms in total. The van der Waals surface area contributed by atoms with E-state index in [0.29, 0.717) is 6.54 Å². The Morgan fingerprint density at radius 3 is 2.74 bits per heavy atom. The van der Waals surface area contributed by atoms with Crippen LogP contribution >= 0.6 is 0 Å². The molecule has 0 spiro atoms. The van der Waals surface area contributed by atoms with Crippen LogP contribution in [0.3, 0.4) is 0 Å². The topological polar surface area (TPSA) is 44.5 Å². The molecule has 0 saturated heterocycles. The molecule has 19 heavy (non-hydrogen) atoms. The molecule has 0 aromatic heterocycles. The first-order chi connectivity index (χ1) is 9.31. The minimum atomic E-state index is 0.646. The SMILES string of the molecule is C=CCCCCCOc1cc(CCN)ccc1OC. The lowest BCUT2D eigenvalue weighted by Gasteiger charge is -2.12. The summed E-state index contributed by atoms with van der Waals surface area (Å²) in [4.78, 5) is 0. The third-order valence-corrected chi connectivity index (χ3v) is 2.97. The van der Waals surface area contributed by atoms with Gasteiger partial charge in [-0.15, -0.1) is 6.58 Å². The van der Waals surface area contributed by atoms with E-state index in [2.05, 4.69) is 6.58 Å². The van der Waals surface area contributed by atoms with Gasteiger partial charge < -0.3 is 15.2 Å². The first-order valence-electron chi connectivity index (χ1n) is 6.92. The first-order valence-corrected chi connectivity index (χ1v) is 6.92. The number of benzene rings is 1. The van der Waals surface area contributed by atoms with E-state index in [-0.39, 0.29) is 0 Å². The van der Waals surface area contributed by atoms with Crippen LogP contribution in [-0.2, 0) is 6.42 Å². The van der Waals surface area contributed by atoms with Crippen LogP contribution in [0.1, 0.15) is 31.2 Å². The van der Waals surface area contributed by atoms with E-state index in [9.17, 15) is 0 Å². The molecule has 1 aromatic carbocycles. The van der Waals surface area contributed by atoms with Crippen LogP contribution in [0.5, 0.6) is 11.5 Å². The van der Waals surface area contributed by atoms with Crippen molar-refractivity contribution in [2.24, 2.45) is 5.73 Å². The summed E-state index contributed by atoms with van der Waals surface area (Å²) in [6, 6.07) is 6.00. The Morgan fingerprint density at radius 2 is 2.05 bits per heavy atom. The van der Waals surface area contributed by atoms with Gasteiger partial charge in [-0.1, -0.05) is 12.1 Å². The van der Waals surface area contributed by atoms with E-state index in [4.69, 9.17) is 15.2 Å². The van der Waals surface area contributed by atoms with E-state index in [1.165, 1.54) is 12.0 Å². The maximum Gasteiger partial charge on any atom is 0.161 e. The fourth-order valence-corrected chi connectivity index (χ4v) is 1.91. The summed E-state index contributed by atoms with van der Waals surface area (Å²) in [5.41, 5.74) is 6.75. The number of rotatable bonds is 10. The van der Waals surface area contributed by atoms with Gasteiger partial charge in [0.05, 0.1) is 13.7 Å². The molecule has 0 atom stereocenters. The van der Waals surface area contributed by atoms with Gasteiger partial charge in [0.25, 0.3) is 0 Å². The molecule has 106 valence electrons. The Balaban J connectivity index is 2.45. The van der Waals surface area contributed by atoms with Crippen LogP contribution in [0.15, 0.2) is 30.9 Å². The third kappa shape index (κ3) is 5.79. The Hall–Kier alpha value is -1.48. The molecular formula is C16H25NO2. The molecule has 1 rings (SSSR count). The second kappa shape index (κ2) is 9.45. The number of methoxy groups -OCH3 is 1. The zero-order chi connectivity index (χ0) is 13.9. The maximum atomic E-state index is 5.80. The monoisotopic (exact) mass is 263 g/mol. The second-order valence-corrected chi connectivity index (χ2v) is 4.51. The third-order valence-electron chi connectivity index (χ3n) is 2.97. The molecule has 0 aliphatic rings. The summed E-state index contributed by atoms with van der Waals surface area (Å²) < 4.78 is 11.1. The highest BCUT2D eigenvalue weighted by Gasteiger charge is 2.05. The van der Waals surface area contributed by atoms with E-state index in [1.807, 2.05) is 24.3 Å². The van der Waals surface area contributed by atoms with E-state index < -0.39 is 0 Å². The number of nitrogens with two attached hydrogens (primary N) is 1. The summed E-state index contributed by atoms with van der Waals surface area (Å²) in [7, 11) is 1.66. The summed E-state index contributed by atoms with van der Waals surface area (Å²) in [6.45, 7) is 5.09. The fourth-order valence-electron chi connectivity index (χ4n) is 1.91. The molecule has 0 unspecified atom stereocenters. The predicted octanol–water partition coefficient (Wildman–Crippen LogP) is 3.32. The highest BCUT2D eigenvalue weighted by atomic mass is 16.5. The van der Waals surface area contributed by atoms with Crippen molar-refractivity contribution in [3.05, 3.63) is 36.4 Å². The molecule has 3 heteroatoms. The van der Waals surface area contributed by atoms with E-state index in [0.717, 1.165) is 43.8 Å². The van der Waals surface area contributed by atoms with Crippen LogP contribution in [0.4, 0.5) is 0 Å². The van der Waals surface area contributed by atoms with Crippen molar-refractivity contribution in [2.75, 3.05) is 20.3 Å². The van der Waals surface area contributed by atoms with Gasteiger partial charge in [-0.25, -0.2) is 0 Å². The molecule has 0 radical (unpaired) electrons. The first kappa shape index (κ1) is 15.6. The Morgan fingerprint density at radius 1 is 1.21 bits per heavy atom. The van der Waals surface area contributed by atoms with E-state index >= 15 is 0 Å². The molecule has 0 heterocycles. The van der Waals surface area contributed by atoms with Crippen LogP contribution in [0.25, 0.3) is 0 Å². The van der Waals surface area contributed by atoms with Gasteiger partial charge in [0, 0.05) is 0 Å². The Kier molecular flexibility index (Phi) is 7.75. The molecule has 2 N–H and O–H groups in total. The summed E-state index contributed by atoms with van der Waals surface area (Å²) in [5, 5.41) is 0. The van der Waals surface area contributed by atoms with Gasteiger partial charge in [0.1, 0.15) is 0 Å². The maximum absolute atomic E-state index is 5.80. The molecule has 0 amide bonds. The normalized spacial score (nSPS) is 10.2. The number of hydrogen-bond donors (Lipinski definition) is 1. The van der Waals surface area contributed by atoms with Crippen LogP contribution in [0, 0.1) is 0 Å². The number of hydrogen-bond acceptors (Lipinski definition) is 3. The zero-order valence-electron chi connectivity index (χ0n) is 11.9. The quantitative estimate of drug-likeness (QED) is 0.520. The molecule has 1 aromatic rings. The van der Waals surface area contributed by atoms with Crippen LogP contribution < -0.4 is 15.2 Å². The van der Waals surface area contributed by atoms with Gasteiger partial charge in [-0.05, 0) is 56.3 Å². The van der Waals surface area contributed by atoms with Crippen molar-refractivity contribution in [1.82, 2.24) is 0 Å². The highest BCUT2D eigenvalue weighted by molar-refractivity contribution is 5.43.